The molecule has 4 rings (SSSR count). The van der Waals surface area contributed by atoms with E-state index in [4.69, 9.17) is 4.74 Å². The van der Waals surface area contributed by atoms with Crippen molar-refractivity contribution in [1.29, 1.82) is 0 Å². The second-order valence-electron chi connectivity index (χ2n) is 8.67. The number of hydrogen-bond acceptors (Lipinski definition) is 7. The van der Waals surface area contributed by atoms with Gasteiger partial charge in [0.25, 0.3) is 5.56 Å². The van der Waals surface area contributed by atoms with Crippen LogP contribution in [0.1, 0.15) is 11.1 Å². The molecule has 3 aromatic carbocycles. The van der Waals surface area contributed by atoms with Crippen molar-refractivity contribution in [2.75, 3.05) is 27.0 Å². The molecule has 4 aromatic rings. The van der Waals surface area contributed by atoms with Crippen LogP contribution in [0.2, 0.25) is 0 Å². The van der Waals surface area contributed by atoms with Crippen LogP contribution in [0.5, 0.6) is 5.75 Å². The number of carbonyl (C=O) groups excluding carboxylic acids is 1. The van der Waals surface area contributed by atoms with E-state index < -0.39 is 10.0 Å². The Bertz CT molecular complexity index is 1670. The van der Waals surface area contributed by atoms with Crippen LogP contribution in [0, 0.1) is 6.92 Å². The molecule has 0 aliphatic carbocycles. The first-order valence-corrected chi connectivity index (χ1v) is 14.1. The number of thioether (sulfide) groups is 1. The Labute approximate surface area is 225 Å². The van der Waals surface area contributed by atoms with Crippen LogP contribution in [0.3, 0.4) is 0 Å². The molecule has 1 aromatic heterocycles. The Morgan fingerprint density at radius 2 is 1.79 bits per heavy atom. The minimum atomic E-state index is -3.74. The Morgan fingerprint density at radius 1 is 1.08 bits per heavy atom. The molecule has 0 saturated carbocycles. The quantitative estimate of drug-likeness (QED) is 0.250. The van der Waals surface area contributed by atoms with Gasteiger partial charge < -0.3 is 10.1 Å². The molecule has 0 unspecified atom stereocenters. The smallest absolute Gasteiger partial charge is 0.266 e. The highest BCUT2D eigenvalue weighted by Gasteiger charge is 2.21. The Morgan fingerprint density at radius 3 is 2.53 bits per heavy atom. The van der Waals surface area contributed by atoms with Crippen LogP contribution in [0.15, 0.2) is 81.6 Å². The summed E-state index contributed by atoms with van der Waals surface area (Å²) in [5, 5.41) is 3.54. The fourth-order valence-electron chi connectivity index (χ4n) is 3.85. The maximum Gasteiger partial charge on any atom is 0.266 e. The molecule has 0 spiro atoms. The number of aryl methyl sites for hydroxylation is 1. The number of nitrogens with one attached hydrogen (secondary N) is 1. The van der Waals surface area contributed by atoms with Crippen LogP contribution in [0.4, 0.5) is 0 Å². The first-order chi connectivity index (χ1) is 18.1. The summed E-state index contributed by atoms with van der Waals surface area (Å²) in [6, 6.07) is 19.0. The van der Waals surface area contributed by atoms with Crippen molar-refractivity contribution in [2.24, 2.45) is 0 Å². The first-order valence-electron chi connectivity index (χ1n) is 11.7. The highest BCUT2D eigenvalue weighted by molar-refractivity contribution is 7.99. The van der Waals surface area contributed by atoms with Gasteiger partial charge in [-0.05, 0) is 42.8 Å². The summed E-state index contributed by atoms with van der Waals surface area (Å²) < 4.78 is 33.5. The van der Waals surface area contributed by atoms with Gasteiger partial charge in [-0.1, -0.05) is 48.2 Å². The number of methoxy groups -OCH3 is 1. The topological polar surface area (TPSA) is 111 Å². The van der Waals surface area contributed by atoms with Crippen LogP contribution < -0.4 is 15.6 Å². The van der Waals surface area contributed by atoms with E-state index in [9.17, 15) is 18.0 Å². The Kier molecular flexibility index (Phi) is 8.20. The molecule has 0 bridgehead atoms. The molecule has 0 atom stereocenters. The fourth-order valence-corrected chi connectivity index (χ4v) is 5.60. The molecular formula is C27H28N4O5S2. The van der Waals surface area contributed by atoms with Gasteiger partial charge in [-0.2, -0.15) is 0 Å². The second-order valence-corrected chi connectivity index (χ2v) is 11.8. The van der Waals surface area contributed by atoms with Crippen molar-refractivity contribution < 1.29 is 17.9 Å². The molecule has 198 valence electrons. The van der Waals surface area contributed by atoms with Gasteiger partial charge >= 0.3 is 0 Å². The molecule has 11 heteroatoms. The average molecular weight is 553 g/mol. The first kappa shape index (κ1) is 27.4. The zero-order chi connectivity index (χ0) is 27.4. The van der Waals surface area contributed by atoms with E-state index in [0.717, 1.165) is 21.6 Å². The Hall–Kier alpha value is -3.67. The van der Waals surface area contributed by atoms with Crippen LogP contribution in [0.25, 0.3) is 16.6 Å². The molecule has 1 heterocycles. The summed E-state index contributed by atoms with van der Waals surface area (Å²) in [4.78, 5) is 31.1. The van der Waals surface area contributed by atoms with Crippen molar-refractivity contribution >= 4 is 38.6 Å². The number of benzene rings is 3. The third-order valence-corrected chi connectivity index (χ3v) is 8.70. The molecule has 0 aliphatic rings. The lowest BCUT2D eigenvalue weighted by Gasteiger charge is -2.17. The molecule has 1 amide bonds. The third kappa shape index (κ3) is 5.59. The molecule has 9 nitrogen and oxygen atoms in total. The third-order valence-electron chi connectivity index (χ3n) is 5.95. The van der Waals surface area contributed by atoms with Crippen molar-refractivity contribution in [3.63, 3.8) is 0 Å². The predicted molar refractivity (Wildman–Crippen MR) is 149 cm³/mol. The summed E-state index contributed by atoms with van der Waals surface area (Å²) >= 11 is 1.10. The number of amides is 1. The van der Waals surface area contributed by atoms with E-state index in [1.165, 1.54) is 30.8 Å². The van der Waals surface area contributed by atoms with Gasteiger partial charge in [-0.25, -0.2) is 17.7 Å². The van der Waals surface area contributed by atoms with Crippen molar-refractivity contribution in [3.05, 3.63) is 88.2 Å². The minimum absolute atomic E-state index is 0.00529. The lowest BCUT2D eigenvalue weighted by Crippen LogP contribution is -2.27. The maximum atomic E-state index is 13.7. The largest absolute Gasteiger partial charge is 0.496 e. The maximum absolute atomic E-state index is 13.7. The summed E-state index contributed by atoms with van der Waals surface area (Å²) in [5.41, 5.74) is 2.04. The number of carbonyl (C=O) groups is 1. The number of hydrogen-bond donors (Lipinski definition) is 1. The molecule has 38 heavy (non-hydrogen) atoms. The predicted octanol–water partition coefficient (Wildman–Crippen LogP) is 3.36. The zero-order valence-corrected chi connectivity index (χ0v) is 23.1. The lowest BCUT2D eigenvalue weighted by molar-refractivity contribution is -0.118. The fraction of sp³-hybridized carbons (Fsp3) is 0.222. The Balaban J connectivity index is 1.70. The summed E-state index contributed by atoms with van der Waals surface area (Å²) in [7, 11) is 0.726. The molecule has 0 aliphatic heterocycles. The molecule has 0 fully saturated rings. The van der Waals surface area contributed by atoms with E-state index in [2.05, 4.69) is 10.3 Å². The summed E-state index contributed by atoms with van der Waals surface area (Å²) in [6.45, 7) is 2.07. The normalized spacial score (nSPS) is 11.6. The van der Waals surface area contributed by atoms with Gasteiger partial charge in [-0.3, -0.25) is 14.2 Å². The van der Waals surface area contributed by atoms with Crippen LogP contribution >= 0.6 is 11.8 Å². The van der Waals surface area contributed by atoms with E-state index in [-0.39, 0.29) is 33.8 Å². The van der Waals surface area contributed by atoms with Crippen LogP contribution in [-0.4, -0.2) is 55.1 Å². The molecule has 1 N–H and O–H groups in total. The standard InChI is InChI=1S/C27H28N4O5S2/c1-18-13-14-20(38(34,35)30(2)3)15-23(18)31-26(33)21-10-6-7-11-22(21)29-27(31)37-17-25(32)28-16-19-9-5-8-12-24(19)36-4/h5-15H,16-17H2,1-4H3,(H,28,32). The lowest BCUT2D eigenvalue weighted by atomic mass is 10.2. The molecule has 0 radical (unpaired) electrons. The van der Waals surface area contributed by atoms with Gasteiger partial charge in [0, 0.05) is 26.2 Å². The number of ether oxygens (including phenoxy) is 1. The zero-order valence-electron chi connectivity index (χ0n) is 21.5. The van der Waals surface area contributed by atoms with Crippen molar-refractivity contribution in [3.8, 4) is 11.4 Å². The van der Waals surface area contributed by atoms with Gasteiger partial charge in [0.2, 0.25) is 15.9 Å². The van der Waals surface area contributed by atoms with Gasteiger partial charge in [-0.15, -0.1) is 0 Å². The van der Waals surface area contributed by atoms with Gasteiger partial charge in [0.1, 0.15) is 5.75 Å². The minimum Gasteiger partial charge on any atom is -0.496 e. The van der Waals surface area contributed by atoms with Crippen molar-refractivity contribution in [1.82, 2.24) is 19.2 Å². The van der Waals surface area contributed by atoms with E-state index in [1.54, 1.807) is 44.4 Å². The highest BCUT2D eigenvalue weighted by Crippen LogP contribution is 2.26. The van der Waals surface area contributed by atoms with Gasteiger partial charge in [0.15, 0.2) is 5.16 Å². The van der Waals surface area contributed by atoms with Crippen molar-refractivity contribution in [2.45, 2.75) is 23.5 Å². The SMILES string of the molecule is COc1ccccc1CNC(=O)CSc1nc2ccccc2c(=O)n1-c1cc(S(=O)(=O)N(C)C)ccc1C. The monoisotopic (exact) mass is 552 g/mol. The number of rotatable bonds is 9. The number of fused-ring (bicyclic) bond motifs is 1. The highest BCUT2D eigenvalue weighted by atomic mass is 32.2. The average Bonchev–Trinajstić information content (AvgIpc) is 2.91. The van der Waals surface area contributed by atoms with E-state index in [0.29, 0.717) is 27.9 Å². The molecular weight excluding hydrogens is 524 g/mol. The number of para-hydroxylation sites is 2. The summed E-state index contributed by atoms with van der Waals surface area (Å²) in [5.74, 6) is 0.415. The van der Waals surface area contributed by atoms with Crippen LogP contribution in [-0.2, 0) is 21.4 Å². The second kappa shape index (κ2) is 11.4. The van der Waals surface area contributed by atoms with E-state index in [1.807, 2.05) is 24.3 Å². The van der Waals surface area contributed by atoms with E-state index >= 15 is 0 Å². The summed E-state index contributed by atoms with van der Waals surface area (Å²) in [6.07, 6.45) is 0. The number of sulfonamides is 1. The van der Waals surface area contributed by atoms with Gasteiger partial charge in [0.05, 0.1) is 34.3 Å². The number of aromatic nitrogens is 2. The number of nitrogens with zero attached hydrogens (tertiary/aromatic N) is 3. The molecule has 0 saturated heterocycles.